The predicted octanol–water partition coefficient (Wildman–Crippen LogP) is 2.73. The van der Waals surface area contributed by atoms with Crippen LogP contribution in [0.15, 0.2) is 18.2 Å². The molecule has 112 valence electrons. The minimum atomic E-state index is 0.0260. The average Bonchev–Trinajstić information content (AvgIpc) is 2.32. The van der Waals surface area contributed by atoms with E-state index < -0.39 is 0 Å². The number of amides is 1. The lowest BCUT2D eigenvalue weighted by Gasteiger charge is -2.31. The fourth-order valence-corrected chi connectivity index (χ4v) is 2.23. The molecule has 0 radical (unpaired) electrons. The van der Waals surface area contributed by atoms with Crippen LogP contribution in [0.5, 0.6) is 0 Å². The van der Waals surface area contributed by atoms with Crippen molar-refractivity contribution in [1.82, 2.24) is 5.32 Å². The second-order valence-corrected chi connectivity index (χ2v) is 6.66. The third-order valence-corrected chi connectivity index (χ3v) is 3.77. The molecular formula is C17H28N2O. The molecule has 3 heteroatoms. The highest BCUT2D eigenvalue weighted by atomic mass is 16.1. The van der Waals surface area contributed by atoms with Crippen LogP contribution in [-0.2, 0) is 11.2 Å². The van der Waals surface area contributed by atoms with Crippen LogP contribution in [0.4, 0.5) is 0 Å². The molecule has 0 fully saturated rings. The van der Waals surface area contributed by atoms with Gasteiger partial charge in [-0.05, 0) is 48.9 Å². The highest BCUT2D eigenvalue weighted by Gasteiger charge is 2.25. The van der Waals surface area contributed by atoms with Crippen molar-refractivity contribution in [3.63, 3.8) is 0 Å². The summed E-state index contributed by atoms with van der Waals surface area (Å²) in [5, 5.41) is 3.12. The summed E-state index contributed by atoms with van der Waals surface area (Å²) in [7, 11) is 0. The van der Waals surface area contributed by atoms with Gasteiger partial charge < -0.3 is 11.1 Å². The van der Waals surface area contributed by atoms with Gasteiger partial charge in [-0.25, -0.2) is 0 Å². The van der Waals surface area contributed by atoms with Gasteiger partial charge in [-0.15, -0.1) is 0 Å². The zero-order valence-corrected chi connectivity index (χ0v) is 13.4. The van der Waals surface area contributed by atoms with Gasteiger partial charge in [0.05, 0.1) is 6.42 Å². The molecular weight excluding hydrogens is 248 g/mol. The number of aryl methyl sites for hydroxylation is 2. The van der Waals surface area contributed by atoms with Gasteiger partial charge >= 0.3 is 0 Å². The van der Waals surface area contributed by atoms with Crippen LogP contribution < -0.4 is 11.1 Å². The Labute approximate surface area is 122 Å². The van der Waals surface area contributed by atoms with E-state index in [9.17, 15) is 4.79 Å². The molecule has 1 aromatic carbocycles. The van der Waals surface area contributed by atoms with E-state index in [-0.39, 0.29) is 17.4 Å². The minimum Gasteiger partial charge on any atom is -0.353 e. The van der Waals surface area contributed by atoms with Crippen LogP contribution >= 0.6 is 0 Å². The van der Waals surface area contributed by atoms with Crippen molar-refractivity contribution >= 4 is 5.91 Å². The topological polar surface area (TPSA) is 55.1 Å². The lowest BCUT2D eigenvalue weighted by molar-refractivity contribution is -0.121. The number of rotatable bonds is 5. The van der Waals surface area contributed by atoms with Crippen molar-refractivity contribution in [2.45, 2.75) is 53.5 Å². The Morgan fingerprint density at radius 1 is 1.25 bits per heavy atom. The van der Waals surface area contributed by atoms with Gasteiger partial charge in [0, 0.05) is 6.04 Å². The molecule has 1 aromatic rings. The second kappa shape index (κ2) is 6.89. The number of carbonyl (C=O) groups is 1. The maximum atomic E-state index is 12.2. The normalized spacial score (nSPS) is 13.1. The van der Waals surface area contributed by atoms with Crippen molar-refractivity contribution in [2.24, 2.45) is 11.1 Å². The highest BCUT2D eigenvalue weighted by molar-refractivity contribution is 5.79. The number of hydrogen-bond donors (Lipinski definition) is 2. The van der Waals surface area contributed by atoms with E-state index in [0.29, 0.717) is 13.0 Å². The Balaban J connectivity index is 2.68. The van der Waals surface area contributed by atoms with Gasteiger partial charge in [-0.1, -0.05) is 39.0 Å². The van der Waals surface area contributed by atoms with Crippen LogP contribution in [0.3, 0.4) is 0 Å². The van der Waals surface area contributed by atoms with Gasteiger partial charge in [-0.3, -0.25) is 4.79 Å². The monoisotopic (exact) mass is 276 g/mol. The first-order chi connectivity index (χ1) is 9.24. The van der Waals surface area contributed by atoms with Crippen molar-refractivity contribution < 1.29 is 4.79 Å². The molecule has 0 saturated heterocycles. The molecule has 0 aromatic heterocycles. The van der Waals surface area contributed by atoms with Crippen molar-refractivity contribution in [3.8, 4) is 0 Å². The van der Waals surface area contributed by atoms with E-state index in [4.69, 9.17) is 5.73 Å². The van der Waals surface area contributed by atoms with Gasteiger partial charge in [0.1, 0.15) is 0 Å². The number of carbonyl (C=O) groups excluding carboxylic acids is 1. The SMILES string of the molecule is Cc1ccc(CC(=O)NC(CCN)C(C)(C)C)cc1C. The molecule has 0 bridgehead atoms. The predicted molar refractivity (Wildman–Crippen MR) is 84.7 cm³/mol. The van der Waals surface area contributed by atoms with Gasteiger partial charge in [0.2, 0.25) is 5.91 Å². The summed E-state index contributed by atoms with van der Waals surface area (Å²) in [6.07, 6.45) is 1.24. The summed E-state index contributed by atoms with van der Waals surface area (Å²) < 4.78 is 0. The Hall–Kier alpha value is -1.35. The summed E-state index contributed by atoms with van der Waals surface area (Å²) in [5.74, 6) is 0.0710. The molecule has 1 unspecified atom stereocenters. The number of nitrogens with two attached hydrogens (primary N) is 1. The average molecular weight is 276 g/mol. The maximum absolute atomic E-state index is 12.2. The van der Waals surface area contributed by atoms with Crippen molar-refractivity contribution in [1.29, 1.82) is 0 Å². The van der Waals surface area contributed by atoms with Gasteiger partial charge in [0.25, 0.3) is 0 Å². The highest BCUT2D eigenvalue weighted by Crippen LogP contribution is 2.21. The van der Waals surface area contributed by atoms with E-state index in [0.717, 1.165) is 12.0 Å². The zero-order valence-electron chi connectivity index (χ0n) is 13.4. The molecule has 0 aliphatic carbocycles. The molecule has 0 aliphatic heterocycles. The molecule has 0 spiro atoms. The fourth-order valence-electron chi connectivity index (χ4n) is 2.23. The Kier molecular flexibility index (Phi) is 5.75. The lowest BCUT2D eigenvalue weighted by Crippen LogP contribution is -2.45. The molecule has 20 heavy (non-hydrogen) atoms. The third-order valence-electron chi connectivity index (χ3n) is 3.77. The Bertz CT molecular complexity index is 461. The van der Waals surface area contributed by atoms with Gasteiger partial charge in [0.15, 0.2) is 0 Å². The summed E-state index contributed by atoms with van der Waals surface area (Å²) in [4.78, 5) is 12.2. The van der Waals surface area contributed by atoms with E-state index in [1.165, 1.54) is 11.1 Å². The maximum Gasteiger partial charge on any atom is 0.224 e. The molecule has 0 heterocycles. The van der Waals surface area contributed by atoms with Gasteiger partial charge in [-0.2, -0.15) is 0 Å². The third kappa shape index (κ3) is 4.97. The van der Waals surface area contributed by atoms with E-state index >= 15 is 0 Å². The summed E-state index contributed by atoms with van der Waals surface area (Å²) >= 11 is 0. The fraction of sp³-hybridized carbons (Fsp3) is 0.588. The summed E-state index contributed by atoms with van der Waals surface area (Å²) in [6, 6.07) is 6.30. The van der Waals surface area contributed by atoms with Crippen molar-refractivity contribution in [2.75, 3.05) is 6.54 Å². The Morgan fingerprint density at radius 2 is 1.90 bits per heavy atom. The molecule has 3 nitrogen and oxygen atoms in total. The molecule has 1 atom stereocenters. The van der Waals surface area contributed by atoms with E-state index in [2.05, 4.69) is 52.1 Å². The molecule has 3 N–H and O–H groups in total. The van der Waals surface area contributed by atoms with Crippen molar-refractivity contribution in [3.05, 3.63) is 34.9 Å². The first-order valence-corrected chi connectivity index (χ1v) is 7.29. The molecule has 1 amide bonds. The largest absolute Gasteiger partial charge is 0.353 e. The van der Waals surface area contributed by atoms with Crippen LogP contribution in [0.1, 0.15) is 43.9 Å². The van der Waals surface area contributed by atoms with E-state index in [1.54, 1.807) is 0 Å². The van der Waals surface area contributed by atoms with Crippen LogP contribution in [0.25, 0.3) is 0 Å². The first kappa shape index (κ1) is 16.7. The second-order valence-electron chi connectivity index (χ2n) is 6.66. The van der Waals surface area contributed by atoms with E-state index in [1.807, 2.05) is 6.07 Å². The summed E-state index contributed by atoms with van der Waals surface area (Å²) in [6.45, 7) is 11.1. The standard InChI is InChI=1S/C17H28N2O/c1-12-6-7-14(10-13(12)2)11-16(20)19-15(8-9-18)17(3,4)5/h6-7,10,15H,8-9,11,18H2,1-5H3,(H,19,20). The number of nitrogens with one attached hydrogen (secondary N) is 1. The quantitative estimate of drug-likeness (QED) is 0.869. The molecule has 0 aliphatic rings. The van der Waals surface area contributed by atoms with Crippen LogP contribution in [-0.4, -0.2) is 18.5 Å². The summed E-state index contributed by atoms with van der Waals surface area (Å²) in [5.41, 5.74) is 9.21. The zero-order chi connectivity index (χ0) is 15.3. The lowest BCUT2D eigenvalue weighted by atomic mass is 9.84. The molecule has 1 rings (SSSR count). The smallest absolute Gasteiger partial charge is 0.224 e. The number of hydrogen-bond acceptors (Lipinski definition) is 2. The first-order valence-electron chi connectivity index (χ1n) is 7.29. The molecule has 0 saturated carbocycles. The van der Waals surface area contributed by atoms with Crippen LogP contribution in [0, 0.1) is 19.3 Å². The Morgan fingerprint density at radius 3 is 2.40 bits per heavy atom. The van der Waals surface area contributed by atoms with Crippen LogP contribution in [0.2, 0.25) is 0 Å². The number of benzene rings is 1. The minimum absolute atomic E-state index is 0.0260.